The first-order chi connectivity index (χ1) is 12.0. The van der Waals surface area contributed by atoms with Crippen molar-refractivity contribution >= 4 is 16.9 Å². The summed E-state index contributed by atoms with van der Waals surface area (Å²) in [6.45, 7) is 1.51. The Hall–Kier alpha value is -2.01. The first kappa shape index (κ1) is 16.5. The van der Waals surface area contributed by atoms with Gasteiger partial charge in [0.15, 0.2) is 0 Å². The molecule has 1 aromatic carbocycles. The van der Waals surface area contributed by atoms with Crippen molar-refractivity contribution in [3.05, 3.63) is 41.8 Å². The Morgan fingerprint density at radius 3 is 2.80 bits per heavy atom. The largest absolute Gasteiger partial charge is 0.481 e. The molecular formula is C20H23FN2O2. The Bertz CT molecular complexity index is 814. The van der Waals surface area contributed by atoms with E-state index in [-0.39, 0.29) is 17.2 Å². The third-order valence-electron chi connectivity index (χ3n) is 6.27. The molecule has 4 nitrogen and oxygen atoms in total. The number of carboxylic acids is 1. The average Bonchev–Trinajstić information content (AvgIpc) is 2.91. The molecule has 2 aliphatic rings. The maximum Gasteiger partial charge on any atom is 0.308 e. The first-order valence-corrected chi connectivity index (χ1v) is 8.94. The maximum atomic E-state index is 13.7. The third-order valence-corrected chi connectivity index (χ3v) is 6.27. The summed E-state index contributed by atoms with van der Waals surface area (Å²) >= 11 is 0. The topological polar surface area (TPSA) is 53.4 Å². The molecule has 1 unspecified atom stereocenters. The predicted molar refractivity (Wildman–Crippen MR) is 94.0 cm³/mol. The number of likely N-dealkylation sites (tertiary alicyclic amines) is 1. The molecule has 1 saturated carbocycles. The Morgan fingerprint density at radius 2 is 2.08 bits per heavy atom. The van der Waals surface area contributed by atoms with Gasteiger partial charge in [-0.15, -0.1) is 0 Å². The molecule has 1 atom stereocenters. The fraction of sp³-hybridized carbons (Fsp3) is 0.500. The highest BCUT2D eigenvalue weighted by molar-refractivity contribution is 5.82. The predicted octanol–water partition coefficient (Wildman–Crippen LogP) is 3.66. The summed E-state index contributed by atoms with van der Waals surface area (Å²) in [4.78, 5) is 18.2. The zero-order valence-electron chi connectivity index (χ0n) is 14.4. The van der Waals surface area contributed by atoms with Gasteiger partial charge < -0.3 is 10.0 Å². The van der Waals surface area contributed by atoms with Crippen LogP contribution in [0, 0.1) is 17.2 Å². The average molecular weight is 342 g/mol. The Labute approximate surface area is 146 Å². The number of aliphatic carboxylic acids is 1. The van der Waals surface area contributed by atoms with Crippen LogP contribution in [0.2, 0.25) is 0 Å². The summed E-state index contributed by atoms with van der Waals surface area (Å²) in [5.41, 5.74) is 1.87. The van der Waals surface area contributed by atoms with Gasteiger partial charge in [-0.05, 0) is 73.9 Å². The highest BCUT2D eigenvalue weighted by Crippen LogP contribution is 2.51. The lowest BCUT2D eigenvalue weighted by Gasteiger charge is -2.40. The Morgan fingerprint density at radius 1 is 1.32 bits per heavy atom. The summed E-state index contributed by atoms with van der Waals surface area (Å²) in [6.07, 6.45) is 5.53. The number of carboxylic acid groups (broad SMARTS) is 1. The zero-order valence-corrected chi connectivity index (χ0v) is 14.4. The van der Waals surface area contributed by atoms with Crippen molar-refractivity contribution in [2.24, 2.45) is 11.3 Å². The molecule has 4 rings (SSSR count). The number of pyridine rings is 1. The van der Waals surface area contributed by atoms with E-state index in [2.05, 4.69) is 9.88 Å². The number of hydrogen-bond acceptors (Lipinski definition) is 3. The van der Waals surface area contributed by atoms with E-state index in [1.807, 2.05) is 13.1 Å². The molecule has 1 aliphatic heterocycles. The van der Waals surface area contributed by atoms with Gasteiger partial charge in [0.05, 0.1) is 11.4 Å². The molecule has 1 spiro atoms. The highest BCUT2D eigenvalue weighted by atomic mass is 19.1. The molecule has 0 bridgehead atoms. The summed E-state index contributed by atoms with van der Waals surface area (Å²) in [5, 5.41) is 10.5. The quantitative estimate of drug-likeness (QED) is 0.905. The standard InChI is InChI=1S/C20H23FN2O2/c1-23-11-17(19(24)25)20(12-23)7-4-13(5-8-20)15-6-9-22-18-3-2-14(21)10-16(15)18/h2-3,6,9-10,13,17H,4-5,7-8,11-12H2,1H3,(H,24,25). The molecule has 1 N–H and O–H groups in total. The minimum absolute atomic E-state index is 0.106. The number of nitrogens with zero attached hydrogens (tertiary/aromatic N) is 2. The van der Waals surface area contributed by atoms with Crippen molar-refractivity contribution in [2.75, 3.05) is 20.1 Å². The van der Waals surface area contributed by atoms with E-state index >= 15 is 0 Å². The minimum atomic E-state index is -0.667. The van der Waals surface area contributed by atoms with Gasteiger partial charge in [0.25, 0.3) is 0 Å². The zero-order chi connectivity index (χ0) is 17.6. The molecule has 5 heteroatoms. The molecule has 1 aromatic heterocycles. The monoisotopic (exact) mass is 342 g/mol. The number of aromatic nitrogens is 1. The lowest BCUT2D eigenvalue weighted by atomic mass is 9.64. The van der Waals surface area contributed by atoms with Crippen molar-refractivity contribution in [1.82, 2.24) is 9.88 Å². The maximum absolute atomic E-state index is 13.7. The minimum Gasteiger partial charge on any atom is -0.481 e. The first-order valence-electron chi connectivity index (χ1n) is 8.94. The smallest absolute Gasteiger partial charge is 0.308 e. The van der Waals surface area contributed by atoms with Crippen LogP contribution in [-0.2, 0) is 4.79 Å². The second kappa shape index (κ2) is 6.06. The van der Waals surface area contributed by atoms with Crippen molar-refractivity contribution in [3.8, 4) is 0 Å². The summed E-state index contributed by atoms with van der Waals surface area (Å²) in [7, 11) is 2.01. The number of benzene rings is 1. The van der Waals surface area contributed by atoms with Crippen LogP contribution in [0.4, 0.5) is 4.39 Å². The van der Waals surface area contributed by atoms with Gasteiger partial charge in [-0.3, -0.25) is 9.78 Å². The molecule has 1 saturated heterocycles. The summed E-state index contributed by atoms with van der Waals surface area (Å²) in [6, 6.07) is 6.75. The summed E-state index contributed by atoms with van der Waals surface area (Å²) in [5.74, 6) is -0.833. The van der Waals surface area contributed by atoms with Crippen molar-refractivity contribution < 1.29 is 14.3 Å². The Balaban J connectivity index is 1.60. The van der Waals surface area contributed by atoms with E-state index in [9.17, 15) is 14.3 Å². The van der Waals surface area contributed by atoms with E-state index in [4.69, 9.17) is 0 Å². The van der Waals surface area contributed by atoms with Crippen LogP contribution in [0.25, 0.3) is 10.9 Å². The molecule has 132 valence electrons. The van der Waals surface area contributed by atoms with Gasteiger partial charge >= 0.3 is 5.97 Å². The van der Waals surface area contributed by atoms with Crippen LogP contribution in [0.5, 0.6) is 0 Å². The van der Waals surface area contributed by atoms with E-state index < -0.39 is 5.97 Å². The fourth-order valence-electron chi connectivity index (χ4n) is 5.06. The lowest BCUT2D eigenvalue weighted by molar-refractivity contribution is -0.145. The van der Waals surface area contributed by atoms with Gasteiger partial charge in [0.1, 0.15) is 5.82 Å². The number of fused-ring (bicyclic) bond motifs is 1. The number of carbonyl (C=O) groups is 1. The van der Waals surface area contributed by atoms with Crippen molar-refractivity contribution in [2.45, 2.75) is 31.6 Å². The van der Waals surface area contributed by atoms with Gasteiger partial charge in [-0.2, -0.15) is 0 Å². The molecule has 25 heavy (non-hydrogen) atoms. The third kappa shape index (κ3) is 2.80. The fourth-order valence-corrected chi connectivity index (χ4v) is 5.06. The van der Waals surface area contributed by atoms with E-state index in [0.717, 1.165) is 48.7 Å². The molecule has 1 aliphatic carbocycles. The molecule has 0 radical (unpaired) electrons. The molecular weight excluding hydrogens is 319 g/mol. The van der Waals surface area contributed by atoms with Gasteiger partial charge in [-0.25, -0.2) is 4.39 Å². The van der Waals surface area contributed by atoms with Crippen LogP contribution < -0.4 is 0 Å². The molecule has 0 amide bonds. The number of halogens is 1. The van der Waals surface area contributed by atoms with Crippen molar-refractivity contribution in [1.29, 1.82) is 0 Å². The van der Waals surface area contributed by atoms with Crippen LogP contribution in [0.1, 0.15) is 37.2 Å². The highest BCUT2D eigenvalue weighted by Gasteiger charge is 2.50. The molecule has 2 heterocycles. The normalized spacial score (nSPS) is 30.2. The van der Waals surface area contributed by atoms with Crippen LogP contribution >= 0.6 is 0 Å². The van der Waals surface area contributed by atoms with E-state index in [1.165, 1.54) is 6.07 Å². The van der Waals surface area contributed by atoms with Crippen LogP contribution in [-0.4, -0.2) is 41.1 Å². The van der Waals surface area contributed by atoms with E-state index in [0.29, 0.717) is 12.5 Å². The summed E-state index contributed by atoms with van der Waals surface area (Å²) < 4.78 is 13.7. The molecule has 2 aromatic rings. The van der Waals surface area contributed by atoms with Crippen LogP contribution in [0.15, 0.2) is 30.5 Å². The van der Waals surface area contributed by atoms with Gasteiger partial charge in [0.2, 0.25) is 0 Å². The van der Waals surface area contributed by atoms with Gasteiger partial charge in [-0.1, -0.05) is 0 Å². The molecule has 2 fully saturated rings. The van der Waals surface area contributed by atoms with Crippen molar-refractivity contribution in [3.63, 3.8) is 0 Å². The number of rotatable bonds is 2. The second-order valence-electron chi connectivity index (χ2n) is 7.79. The van der Waals surface area contributed by atoms with Crippen LogP contribution in [0.3, 0.4) is 0 Å². The number of hydrogen-bond donors (Lipinski definition) is 1. The SMILES string of the molecule is CN1CC(C(=O)O)C2(CCC(c3ccnc4ccc(F)cc34)CC2)C1. The van der Waals surface area contributed by atoms with E-state index in [1.54, 1.807) is 18.3 Å². The lowest BCUT2D eigenvalue weighted by Crippen LogP contribution is -2.38. The van der Waals surface area contributed by atoms with Gasteiger partial charge in [0, 0.05) is 24.7 Å². The second-order valence-corrected chi connectivity index (χ2v) is 7.79. The Kier molecular flexibility index (Phi) is 3.99.